The van der Waals surface area contributed by atoms with E-state index in [2.05, 4.69) is 99.4 Å². The molecule has 1 aliphatic heterocycles. The number of hydrogen-bond acceptors (Lipinski definition) is 6. The third-order valence-electron chi connectivity index (χ3n) is 10.1. The quantitative estimate of drug-likeness (QED) is 0.153. The Hall–Kier alpha value is -4.05. The van der Waals surface area contributed by atoms with Gasteiger partial charge >= 0.3 is 0 Å². The minimum atomic E-state index is -1.21. The molecule has 2 N–H and O–H groups in total. The van der Waals surface area contributed by atoms with Crippen molar-refractivity contribution in [3.8, 4) is 11.1 Å². The third-order valence-corrected chi connectivity index (χ3v) is 11.8. The highest BCUT2D eigenvalue weighted by Gasteiger charge is 2.46. The van der Waals surface area contributed by atoms with Crippen molar-refractivity contribution in [2.75, 3.05) is 24.6 Å². The van der Waals surface area contributed by atoms with Crippen molar-refractivity contribution >= 4 is 41.6 Å². The van der Waals surface area contributed by atoms with Crippen molar-refractivity contribution in [2.24, 2.45) is 11.1 Å². The van der Waals surface area contributed by atoms with Crippen molar-refractivity contribution < 1.29 is 4.74 Å². The molecule has 2 aliphatic rings. The predicted octanol–water partition coefficient (Wildman–Crippen LogP) is 7.05. The highest BCUT2D eigenvalue weighted by molar-refractivity contribution is 6.76. The number of benzene rings is 2. The maximum absolute atomic E-state index is 6.92. The zero-order chi connectivity index (χ0) is 30.8. The second-order valence-corrected chi connectivity index (χ2v) is 19.8. The van der Waals surface area contributed by atoms with Crippen molar-refractivity contribution in [3.63, 3.8) is 0 Å². The summed E-state index contributed by atoms with van der Waals surface area (Å²) >= 11 is 0. The third kappa shape index (κ3) is 4.85. The van der Waals surface area contributed by atoms with Gasteiger partial charge in [-0.25, -0.2) is 4.98 Å². The number of anilines is 1. The Labute approximate surface area is 264 Å². The Morgan fingerprint density at radius 2 is 1.73 bits per heavy atom. The van der Waals surface area contributed by atoms with Gasteiger partial charge in [-0.15, -0.1) is 0 Å². The van der Waals surface area contributed by atoms with Crippen molar-refractivity contribution in [1.82, 2.24) is 23.9 Å². The first-order valence-electron chi connectivity index (χ1n) is 16.2. The molecular formula is C36H41N7OSi. The molecule has 1 atom stereocenters. The van der Waals surface area contributed by atoms with E-state index >= 15 is 0 Å². The molecule has 0 amide bonds. The fourth-order valence-electron chi connectivity index (χ4n) is 7.54. The summed E-state index contributed by atoms with van der Waals surface area (Å²) in [4.78, 5) is 17.4. The molecule has 1 fully saturated rings. The number of hydrogen-bond donors (Lipinski definition) is 1. The number of nitrogens with zero attached hydrogens (tertiary/aromatic N) is 6. The van der Waals surface area contributed by atoms with Gasteiger partial charge in [-0.1, -0.05) is 62.1 Å². The normalized spacial score (nSPS) is 18.0. The Kier molecular flexibility index (Phi) is 6.81. The SMILES string of the molecule is C[Si](C)(C)CCOCn1cc(-c2ccnc3ccccc23)c2c1nc(N1CCC3(CC1)Cc1ccccc1[C@H]3N)n1ccnc21. The van der Waals surface area contributed by atoms with E-state index in [0.29, 0.717) is 6.73 Å². The van der Waals surface area contributed by atoms with Crippen LogP contribution in [0.15, 0.2) is 79.4 Å². The molecule has 0 bridgehead atoms. The molecule has 1 spiro atoms. The highest BCUT2D eigenvalue weighted by Crippen LogP contribution is 2.51. The summed E-state index contributed by atoms with van der Waals surface area (Å²) in [6, 6.07) is 20.4. The number of rotatable bonds is 7. The molecule has 4 aromatic heterocycles. The fraction of sp³-hybridized carbons (Fsp3) is 0.361. The first kappa shape index (κ1) is 28.4. The molecule has 8 rings (SSSR count). The molecule has 45 heavy (non-hydrogen) atoms. The number of piperidine rings is 1. The summed E-state index contributed by atoms with van der Waals surface area (Å²) < 4.78 is 10.7. The Bertz CT molecular complexity index is 2030. The van der Waals surface area contributed by atoms with E-state index in [1.165, 1.54) is 11.1 Å². The molecule has 1 aliphatic carbocycles. The summed E-state index contributed by atoms with van der Waals surface area (Å²) in [5, 5.41) is 2.15. The lowest BCUT2D eigenvalue weighted by Gasteiger charge is -2.42. The maximum Gasteiger partial charge on any atom is 0.213 e. The van der Waals surface area contributed by atoms with E-state index in [1.807, 2.05) is 18.5 Å². The number of aromatic nitrogens is 5. The standard InChI is InChI=1S/C36H41N7OSi/c1-45(2,3)21-20-44-24-42-23-29(27-12-15-38-30-11-7-6-10-28(27)30)31-33-39-16-19-43(33)35(40-34(31)42)41-17-13-36(14-18-41)22-25-8-4-5-9-26(25)32(36)37/h4-12,15-16,19,23,32H,13-14,17-18,20-22,24,37H2,1-3H3/t32-/m1/s1. The zero-order valence-corrected chi connectivity index (χ0v) is 27.4. The van der Waals surface area contributed by atoms with Gasteiger partial charge in [-0.05, 0) is 59.5 Å². The first-order chi connectivity index (χ1) is 21.8. The predicted molar refractivity (Wildman–Crippen MR) is 184 cm³/mol. The summed E-state index contributed by atoms with van der Waals surface area (Å²) in [6.45, 7) is 10.2. The van der Waals surface area contributed by atoms with Crippen LogP contribution < -0.4 is 10.6 Å². The van der Waals surface area contributed by atoms with Crippen LogP contribution in [-0.2, 0) is 17.9 Å². The minimum Gasteiger partial charge on any atom is -0.361 e. The fourth-order valence-corrected chi connectivity index (χ4v) is 8.30. The Morgan fingerprint density at radius 3 is 2.56 bits per heavy atom. The average Bonchev–Trinajstić information content (AvgIpc) is 3.74. The number of ether oxygens (including phenoxy) is 1. The van der Waals surface area contributed by atoms with Gasteiger partial charge < -0.3 is 19.9 Å². The van der Waals surface area contributed by atoms with Crippen molar-refractivity contribution in [2.45, 2.75) is 57.7 Å². The van der Waals surface area contributed by atoms with Crippen LogP contribution >= 0.6 is 0 Å². The molecule has 0 radical (unpaired) electrons. The van der Waals surface area contributed by atoms with E-state index in [-0.39, 0.29) is 11.5 Å². The zero-order valence-electron chi connectivity index (χ0n) is 26.4. The maximum atomic E-state index is 6.92. The van der Waals surface area contributed by atoms with Crippen LogP contribution in [0.4, 0.5) is 5.95 Å². The molecule has 9 heteroatoms. The lowest BCUT2D eigenvalue weighted by Crippen LogP contribution is -2.45. The van der Waals surface area contributed by atoms with Crippen molar-refractivity contribution in [3.05, 3.63) is 90.5 Å². The van der Waals surface area contributed by atoms with Crippen LogP contribution in [0.25, 0.3) is 38.7 Å². The van der Waals surface area contributed by atoms with Gasteiger partial charge in [0.2, 0.25) is 5.95 Å². The number of nitrogens with two attached hydrogens (primary N) is 1. The minimum absolute atomic E-state index is 0.0860. The van der Waals surface area contributed by atoms with E-state index in [9.17, 15) is 0 Å². The topological polar surface area (TPSA) is 86.5 Å². The van der Waals surface area contributed by atoms with E-state index in [0.717, 1.165) is 89.7 Å². The summed E-state index contributed by atoms with van der Waals surface area (Å²) in [6.07, 6.45) is 11.2. The van der Waals surface area contributed by atoms with Crippen LogP contribution in [0.3, 0.4) is 0 Å². The van der Waals surface area contributed by atoms with Crippen molar-refractivity contribution in [1.29, 1.82) is 0 Å². The van der Waals surface area contributed by atoms with Gasteiger partial charge in [-0.2, -0.15) is 4.98 Å². The van der Waals surface area contributed by atoms with Gasteiger partial charge in [-0.3, -0.25) is 9.38 Å². The summed E-state index contributed by atoms with van der Waals surface area (Å²) in [7, 11) is -1.21. The van der Waals surface area contributed by atoms with Crippen LogP contribution in [0.1, 0.15) is 30.0 Å². The van der Waals surface area contributed by atoms with E-state index in [1.54, 1.807) is 0 Å². The molecular weight excluding hydrogens is 575 g/mol. The second-order valence-electron chi connectivity index (χ2n) is 14.2. The summed E-state index contributed by atoms with van der Waals surface area (Å²) in [5.74, 6) is 0.932. The summed E-state index contributed by atoms with van der Waals surface area (Å²) in [5.41, 5.74) is 14.8. The number of imidazole rings is 1. The lowest BCUT2D eigenvalue weighted by atomic mass is 9.73. The Morgan fingerprint density at radius 1 is 0.933 bits per heavy atom. The number of pyridine rings is 1. The van der Waals surface area contributed by atoms with Gasteiger partial charge in [0.25, 0.3) is 0 Å². The second kappa shape index (κ2) is 10.8. The monoisotopic (exact) mass is 615 g/mol. The molecule has 6 aromatic rings. The van der Waals surface area contributed by atoms with Crippen LogP contribution in [0.2, 0.25) is 25.7 Å². The molecule has 8 nitrogen and oxygen atoms in total. The smallest absolute Gasteiger partial charge is 0.213 e. The average molecular weight is 616 g/mol. The van der Waals surface area contributed by atoms with Crippen LogP contribution in [0, 0.1) is 5.41 Å². The molecule has 1 saturated heterocycles. The molecule has 0 unspecified atom stereocenters. The highest BCUT2D eigenvalue weighted by atomic mass is 28.3. The van der Waals surface area contributed by atoms with E-state index < -0.39 is 8.07 Å². The first-order valence-corrected chi connectivity index (χ1v) is 19.9. The molecule has 5 heterocycles. The lowest BCUT2D eigenvalue weighted by molar-refractivity contribution is 0.0899. The molecule has 2 aromatic carbocycles. The number of fused-ring (bicyclic) bond motifs is 5. The number of para-hydroxylation sites is 1. The molecule has 230 valence electrons. The van der Waals surface area contributed by atoms with Gasteiger partial charge in [0, 0.05) is 69.5 Å². The Balaban J connectivity index is 1.20. The largest absolute Gasteiger partial charge is 0.361 e. The van der Waals surface area contributed by atoms with Gasteiger partial charge in [0.15, 0.2) is 5.65 Å². The molecule has 0 saturated carbocycles. The van der Waals surface area contributed by atoms with Gasteiger partial charge in [0.05, 0.1) is 10.9 Å². The van der Waals surface area contributed by atoms with Crippen LogP contribution in [0.5, 0.6) is 0 Å². The van der Waals surface area contributed by atoms with E-state index in [4.69, 9.17) is 20.4 Å². The van der Waals surface area contributed by atoms with Crippen LogP contribution in [-0.4, -0.2) is 51.7 Å². The van der Waals surface area contributed by atoms with Gasteiger partial charge in [0.1, 0.15) is 12.4 Å².